The van der Waals surface area contributed by atoms with Crippen LogP contribution in [0.15, 0.2) is 0 Å². The van der Waals surface area contributed by atoms with Crippen LogP contribution in [0.25, 0.3) is 0 Å². The highest BCUT2D eigenvalue weighted by molar-refractivity contribution is 5.69. The zero-order valence-corrected chi connectivity index (χ0v) is 16.0. The quantitative estimate of drug-likeness (QED) is 0.196. The molecule has 0 rings (SSSR count). The van der Waals surface area contributed by atoms with Crippen molar-refractivity contribution in [2.24, 2.45) is 0 Å². The van der Waals surface area contributed by atoms with Crippen molar-refractivity contribution in [3.05, 3.63) is 0 Å². The molecule has 0 aliphatic rings. The van der Waals surface area contributed by atoms with E-state index in [2.05, 4.69) is 13.8 Å². The van der Waals surface area contributed by atoms with Crippen LogP contribution in [0.4, 0.5) is 0 Å². The first-order valence-electron chi connectivity index (χ1n) is 10.5. The first-order valence-corrected chi connectivity index (χ1v) is 10.5. The molecule has 0 aromatic rings. The summed E-state index contributed by atoms with van der Waals surface area (Å²) in [6.45, 7) is 5.05. The molecular formula is C21H42O2. The Labute approximate surface area is 145 Å². The molecule has 2 nitrogen and oxygen atoms in total. The first kappa shape index (κ1) is 22.5. The third kappa shape index (κ3) is 19.4. The van der Waals surface area contributed by atoms with Gasteiger partial charge < -0.3 is 4.74 Å². The summed E-state index contributed by atoms with van der Waals surface area (Å²) in [4.78, 5) is 11.5. The van der Waals surface area contributed by atoms with Crippen LogP contribution in [-0.2, 0) is 9.53 Å². The smallest absolute Gasteiger partial charge is 0.305 e. The van der Waals surface area contributed by atoms with Gasteiger partial charge in [-0.05, 0) is 12.8 Å². The minimum absolute atomic E-state index is 0.00387. The highest BCUT2D eigenvalue weighted by Gasteiger charge is 2.02. The molecule has 0 aliphatic carbocycles. The summed E-state index contributed by atoms with van der Waals surface area (Å²) in [5.41, 5.74) is 0. The van der Waals surface area contributed by atoms with Crippen molar-refractivity contribution in [3.8, 4) is 0 Å². The standard InChI is InChI=1S/C21H42O2/c1-3-5-7-8-9-10-11-12-13-14-15-16-17-19-21(22)23-20-18-6-4-2/h3-20H2,1-2H3. The highest BCUT2D eigenvalue weighted by Crippen LogP contribution is 2.13. The van der Waals surface area contributed by atoms with Gasteiger partial charge in [-0.15, -0.1) is 0 Å². The highest BCUT2D eigenvalue weighted by atomic mass is 16.5. The number of rotatable bonds is 18. The van der Waals surface area contributed by atoms with Crippen LogP contribution in [0.3, 0.4) is 0 Å². The first-order chi connectivity index (χ1) is 11.3. The van der Waals surface area contributed by atoms with Crippen molar-refractivity contribution in [1.29, 1.82) is 0 Å². The molecule has 0 heterocycles. The molecule has 0 N–H and O–H groups in total. The Hall–Kier alpha value is -0.530. The van der Waals surface area contributed by atoms with Crippen molar-refractivity contribution >= 4 is 5.97 Å². The van der Waals surface area contributed by atoms with Crippen molar-refractivity contribution in [2.75, 3.05) is 6.61 Å². The fourth-order valence-corrected chi connectivity index (χ4v) is 2.90. The summed E-state index contributed by atoms with van der Waals surface area (Å²) in [7, 11) is 0. The molecule has 0 aliphatic heterocycles. The Morgan fingerprint density at radius 3 is 1.43 bits per heavy atom. The van der Waals surface area contributed by atoms with Gasteiger partial charge in [0.15, 0.2) is 0 Å². The van der Waals surface area contributed by atoms with Crippen LogP contribution in [0.1, 0.15) is 123 Å². The van der Waals surface area contributed by atoms with Gasteiger partial charge in [0.1, 0.15) is 0 Å². The van der Waals surface area contributed by atoms with E-state index in [0.29, 0.717) is 13.0 Å². The Morgan fingerprint density at radius 2 is 0.957 bits per heavy atom. The minimum atomic E-state index is 0.00387. The van der Waals surface area contributed by atoms with E-state index >= 15 is 0 Å². The van der Waals surface area contributed by atoms with Gasteiger partial charge in [0.05, 0.1) is 6.61 Å². The average Bonchev–Trinajstić information content (AvgIpc) is 2.56. The van der Waals surface area contributed by atoms with Gasteiger partial charge in [0.2, 0.25) is 0 Å². The molecule has 0 saturated heterocycles. The van der Waals surface area contributed by atoms with Crippen molar-refractivity contribution < 1.29 is 9.53 Å². The maximum atomic E-state index is 11.5. The van der Waals surface area contributed by atoms with Crippen LogP contribution >= 0.6 is 0 Å². The summed E-state index contributed by atoms with van der Waals surface area (Å²) < 4.78 is 5.21. The molecule has 0 bridgehead atoms. The summed E-state index contributed by atoms with van der Waals surface area (Å²) in [5, 5.41) is 0. The maximum absolute atomic E-state index is 11.5. The second-order valence-electron chi connectivity index (χ2n) is 6.92. The van der Waals surface area contributed by atoms with Crippen LogP contribution in [0, 0.1) is 0 Å². The fourth-order valence-electron chi connectivity index (χ4n) is 2.90. The van der Waals surface area contributed by atoms with E-state index in [9.17, 15) is 4.79 Å². The number of carbonyl (C=O) groups excluding carboxylic acids is 1. The van der Waals surface area contributed by atoms with Crippen LogP contribution in [-0.4, -0.2) is 12.6 Å². The van der Waals surface area contributed by atoms with Crippen LogP contribution in [0.5, 0.6) is 0 Å². The van der Waals surface area contributed by atoms with E-state index in [1.165, 1.54) is 83.5 Å². The van der Waals surface area contributed by atoms with E-state index in [4.69, 9.17) is 4.74 Å². The number of esters is 1. The van der Waals surface area contributed by atoms with E-state index in [1.54, 1.807) is 0 Å². The zero-order chi connectivity index (χ0) is 17.0. The van der Waals surface area contributed by atoms with Crippen molar-refractivity contribution in [3.63, 3.8) is 0 Å². The summed E-state index contributed by atoms with van der Waals surface area (Å²) in [6.07, 6.45) is 21.4. The predicted octanol–water partition coefficient (Wildman–Crippen LogP) is 7.20. The third-order valence-electron chi connectivity index (χ3n) is 4.50. The number of carbonyl (C=O) groups is 1. The van der Waals surface area contributed by atoms with E-state index in [0.717, 1.165) is 19.3 Å². The average molecular weight is 327 g/mol. The van der Waals surface area contributed by atoms with Crippen molar-refractivity contribution in [2.45, 2.75) is 123 Å². The molecular weight excluding hydrogens is 284 g/mol. The Kier molecular flexibility index (Phi) is 19.1. The molecule has 0 aromatic heterocycles. The Balaban J connectivity index is 3.08. The normalized spacial score (nSPS) is 10.9. The number of ether oxygens (including phenoxy) is 1. The number of unbranched alkanes of at least 4 members (excludes halogenated alkanes) is 14. The largest absolute Gasteiger partial charge is 0.466 e. The SMILES string of the molecule is CCCCCCCCCCCCCCCC(=O)OCCCCC. The van der Waals surface area contributed by atoms with Crippen LogP contribution < -0.4 is 0 Å². The fraction of sp³-hybridized carbons (Fsp3) is 0.952. The van der Waals surface area contributed by atoms with Gasteiger partial charge in [0, 0.05) is 6.42 Å². The van der Waals surface area contributed by atoms with Gasteiger partial charge in [-0.25, -0.2) is 0 Å². The molecule has 2 heteroatoms. The summed E-state index contributed by atoms with van der Waals surface area (Å²) >= 11 is 0. The molecule has 0 amide bonds. The molecule has 0 aromatic carbocycles. The Morgan fingerprint density at radius 1 is 0.565 bits per heavy atom. The van der Waals surface area contributed by atoms with E-state index in [-0.39, 0.29) is 5.97 Å². The number of hydrogen-bond donors (Lipinski definition) is 0. The van der Waals surface area contributed by atoms with Gasteiger partial charge in [0.25, 0.3) is 0 Å². The molecule has 0 radical (unpaired) electrons. The van der Waals surface area contributed by atoms with Gasteiger partial charge in [-0.1, -0.05) is 104 Å². The van der Waals surface area contributed by atoms with Gasteiger partial charge >= 0.3 is 5.97 Å². The topological polar surface area (TPSA) is 26.3 Å². The second-order valence-corrected chi connectivity index (χ2v) is 6.92. The van der Waals surface area contributed by atoms with Gasteiger partial charge in [-0.2, -0.15) is 0 Å². The predicted molar refractivity (Wildman–Crippen MR) is 101 cm³/mol. The zero-order valence-electron chi connectivity index (χ0n) is 16.0. The Bertz CT molecular complexity index is 238. The summed E-state index contributed by atoms with van der Waals surface area (Å²) in [6, 6.07) is 0. The second kappa shape index (κ2) is 19.5. The lowest BCUT2D eigenvalue weighted by molar-refractivity contribution is -0.143. The van der Waals surface area contributed by atoms with E-state index in [1.807, 2.05) is 0 Å². The maximum Gasteiger partial charge on any atom is 0.305 e. The molecule has 0 saturated carbocycles. The van der Waals surface area contributed by atoms with Gasteiger partial charge in [-0.3, -0.25) is 4.79 Å². The number of hydrogen-bond acceptors (Lipinski definition) is 2. The lowest BCUT2D eigenvalue weighted by atomic mass is 10.0. The van der Waals surface area contributed by atoms with E-state index < -0.39 is 0 Å². The third-order valence-corrected chi connectivity index (χ3v) is 4.50. The molecule has 138 valence electrons. The molecule has 0 fully saturated rings. The lowest BCUT2D eigenvalue weighted by Gasteiger charge is -2.05. The minimum Gasteiger partial charge on any atom is -0.466 e. The van der Waals surface area contributed by atoms with Crippen molar-refractivity contribution in [1.82, 2.24) is 0 Å². The monoisotopic (exact) mass is 326 g/mol. The molecule has 0 unspecified atom stereocenters. The molecule has 0 spiro atoms. The van der Waals surface area contributed by atoms with Crippen LogP contribution in [0.2, 0.25) is 0 Å². The molecule has 0 atom stereocenters. The summed E-state index contributed by atoms with van der Waals surface area (Å²) in [5.74, 6) is 0.00387. The molecule has 23 heavy (non-hydrogen) atoms. The lowest BCUT2D eigenvalue weighted by Crippen LogP contribution is -2.05.